The first-order chi connectivity index (χ1) is 9.51. The molecular formula is C13H11BrClNO4. The molecule has 0 amide bonds. The molecule has 1 unspecified atom stereocenters. The van der Waals surface area contributed by atoms with E-state index < -0.39 is 12.0 Å². The van der Waals surface area contributed by atoms with Crippen LogP contribution in [0.3, 0.4) is 0 Å². The number of anilines is 1. The molecule has 0 bridgehead atoms. The van der Waals surface area contributed by atoms with E-state index in [1.54, 1.807) is 18.2 Å². The van der Waals surface area contributed by atoms with Gasteiger partial charge >= 0.3 is 5.97 Å². The fraction of sp³-hybridized carbons (Fsp3) is 0.154. The molecule has 1 aromatic carbocycles. The molecule has 7 heteroatoms. The zero-order valence-electron chi connectivity index (χ0n) is 10.1. The van der Waals surface area contributed by atoms with E-state index in [0.29, 0.717) is 16.3 Å². The van der Waals surface area contributed by atoms with Crippen molar-refractivity contribution >= 4 is 39.2 Å². The average Bonchev–Trinajstić information content (AvgIpc) is 2.86. The molecule has 0 aliphatic carbocycles. The van der Waals surface area contributed by atoms with Gasteiger partial charge in [0.1, 0.15) is 5.76 Å². The number of hydrogen-bond donors (Lipinski definition) is 3. The van der Waals surface area contributed by atoms with Gasteiger partial charge in [-0.05, 0) is 24.3 Å². The van der Waals surface area contributed by atoms with Gasteiger partial charge in [-0.15, -0.1) is 0 Å². The number of halogens is 2. The number of aliphatic carboxylic acids is 1. The van der Waals surface area contributed by atoms with Crippen LogP contribution in [0.2, 0.25) is 5.02 Å². The second-order valence-corrected chi connectivity index (χ2v) is 5.38. The van der Waals surface area contributed by atoms with Crippen LogP contribution in [0.4, 0.5) is 5.69 Å². The molecule has 106 valence electrons. The first-order valence-electron chi connectivity index (χ1n) is 5.64. The number of benzene rings is 1. The average molecular weight is 361 g/mol. The summed E-state index contributed by atoms with van der Waals surface area (Å²) < 4.78 is 5.95. The highest BCUT2D eigenvalue weighted by Crippen LogP contribution is 2.29. The first-order valence-corrected chi connectivity index (χ1v) is 6.81. The van der Waals surface area contributed by atoms with Crippen molar-refractivity contribution in [1.29, 1.82) is 0 Å². The number of rotatable bonds is 5. The third-order valence-corrected chi connectivity index (χ3v) is 3.43. The van der Waals surface area contributed by atoms with Crippen molar-refractivity contribution < 1.29 is 19.4 Å². The third kappa shape index (κ3) is 3.33. The molecule has 0 fully saturated rings. The van der Waals surface area contributed by atoms with Gasteiger partial charge in [0.05, 0.1) is 23.6 Å². The summed E-state index contributed by atoms with van der Waals surface area (Å²) in [6.45, 7) is -0.213. The van der Waals surface area contributed by atoms with Crippen molar-refractivity contribution in [3.05, 3.63) is 51.3 Å². The molecule has 1 heterocycles. The Labute approximate surface area is 128 Å². The number of carboxylic acid groups (broad SMARTS) is 1. The number of furan rings is 1. The van der Waals surface area contributed by atoms with E-state index in [2.05, 4.69) is 21.2 Å². The third-order valence-electron chi connectivity index (χ3n) is 2.62. The summed E-state index contributed by atoms with van der Waals surface area (Å²) in [4.78, 5) is 11.3. The van der Waals surface area contributed by atoms with Gasteiger partial charge in [0, 0.05) is 10.0 Å². The second-order valence-electron chi connectivity index (χ2n) is 4.06. The molecule has 1 atom stereocenters. The standard InChI is InChI=1S/C13H11BrClNO4/c14-8-1-2-10(9(15)4-8)16-12(13(18)19)11-3-7(5-17)6-20-11/h1-4,6,12,16-17H,5H2,(H,18,19). The van der Waals surface area contributed by atoms with Gasteiger partial charge in [-0.2, -0.15) is 0 Å². The lowest BCUT2D eigenvalue weighted by molar-refractivity contribution is -0.138. The highest BCUT2D eigenvalue weighted by molar-refractivity contribution is 9.10. The molecular weight excluding hydrogens is 350 g/mol. The molecule has 0 radical (unpaired) electrons. The maximum atomic E-state index is 11.3. The minimum Gasteiger partial charge on any atom is -0.479 e. The van der Waals surface area contributed by atoms with E-state index in [1.807, 2.05) is 0 Å². The van der Waals surface area contributed by atoms with Crippen LogP contribution in [0.5, 0.6) is 0 Å². The highest BCUT2D eigenvalue weighted by Gasteiger charge is 2.24. The van der Waals surface area contributed by atoms with Gasteiger partial charge in [-0.25, -0.2) is 4.79 Å². The van der Waals surface area contributed by atoms with Crippen molar-refractivity contribution in [3.63, 3.8) is 0 Å². The van der Waals surface area contributed by atoms with Gasteiger partial charge in [0.25, 0.3) is 0 Å². The maximum absolute atomic E-state index is 11.3. The Morgan fingerprint density at radius 1 is 1.45 bits per heavy atom. The molecule has 0 saturated heterocycles. The summed E-state index contributed by atoms with van der Waals surface area (Å²) >= 11 is 9.32. The minimum absolute atomic E-state index is 0.195. The van der Waals surface area contributed by atoms with Crippen LogP contribution >= 0.6 is 27.5 Å². The van der Waals surface area contributed by atoms with Crippen LogP contribution in [0.1, 0.15) is 17.4 Å². The molecule has 0 aliphatic heterocycles. The molecule has 1 aromatic heterocycles. The van der Waals surface area contributed by atoms with Crippen LogP contribution in [-0.2, 0) is 11.4 Å². The topological polar surface area (TPSA) is 82.7 Å². The zero-order valence-corrected chi connectivity index (χ0v) is 12.5. The first kappa shape index (κ1) is 14.9. The van der Waals surface area contributed by atoms with Crippen molar-refractivity contribution in [2.45, 2.75) is 12.6 Å². The van der Waals surface area contributed by atoms with Crippen LogP contribution in [0.15, 0.2) is 39.4 Å². The molecule has 0 aliphatic rings. The van der Waals surface area contributed by atoms with E-state index in [0.717, 1.165) is 4.47 Å². The predicted octanol–water partition coefficient (Wildman–Crippen LogP) is 3.43. The van der Waals surface area contributed by atoms with E-state index >= 15 is 0 Å². The van der Waals surface area contributed by atoms with Crippen molar-refractivity contribution in [2.75, 3.05) is 5.32 Å². The Morgan fingerprint density at radius 2 is 2.20 bits per heavy atom. The quantitative estimate of drug-likeness (QED) is 0.761. The van der Waals surface area contributed by atoms with Crippen LogP contribution < -0.4 is 5.32 Å². The van der Waals surface area contributed by atoms with E-state index in [9.17, 15) is 9.90 Å². The Hall–Kier alpha value is -1.50. The van der Waals surface area contributed by atoms with Crippen molar-refractivity contribution in [3.8, 4) is 0 Å². The van der Waals surface area contributed by atoms with Gasteiger partial charge in [-0.1, -0.05) is 27.5 Å². The summed E-state index contributed by atoms with van der Waals surface area (Å²) in [6, 6.07) is 5.46. The summed E-state index contributed by atoms with van der Waals surface area (Å²) in [5.74, 6) is -0.914. The number of aliphatic hydroxyl groups excluding tert-OH is 1. The Bertz CT molecular complexity index is 629. The van der Waals surface area contributed by atoms with Gasteiger partial charge in [0.2, 0.25) is 0 Å². The molecule has 0 spiro atoms. The number of carbonyl (C=O) groups is 1. The van der Waals surface area contributed by atoms with Crippen molar-refractivity contribution in [1.82, 2.24) is 0 Å². The Kier molecular flexibility index (Phi) is 4.69. The number of nitrogens with one attached hydrogen (secondary N) is 1. The highest BCUT2D eigenvalue weighted by atomic mass is 79.9. The fourth-order valence-electron chi connectivity index (χ4n) is 1.65. The van der Waals surface area contributed by atoms with E-state index in [4.69, 9.17) is 21.1 Å². The molecule has 20 heavy (non-hydrogen) atoms. The summed E-state index contributed by atoms with van der Waals surface area (Å²) in [7, 11) is 0. The SMILES string of the molecule is O=C(O)C(Nc1ccc(Br)cc1Cl)c1cc(CO)co1. The van der Waals surface area contributed by atoms with E-state index in [-0.39, 0.29) is 12.4 Å². The summed E-state index contributed by atoms with van der Waals surface area (Å²) in [5.41, 5.74) is 0.985. The minimum atomic E-state index is -1.11. The van der Waals surface area contributed by atoms with Gasteiger partial charge < -0.3 is 19.9 Å². The zero-order chi connectivity index (χ0) is 14.7. The lowest BCUT2D eigenvalue weighted by Gasteiger charge is -2.14. The van der Waals surface area contributed by atoms with E-state index in [1.165, 1.54) is 12.3 Å². The lowest BCUT2D eigenvalue weighted by Crippen LogP contribution is -2.20. The molecule has 2 rings (SSSR count). The molecule has 2 aromatic rings. The number of aliphatic hydroxyl groups is 1. The lowest BCUT2D eigenvalue weighted by atomic mass is 10.2. The van der Waals surface area contributed by atoms with Crippen molar-refractivity contribution in [2.24, 2.45) is 0 Å². The number of carboxylic acids is 1. The van der Waals surface area contributed by atoms with Gasteiger partial charge in [0.15, 0.2) is 6.04 Å². The Morgan fingerprint density at radius 3 is 2.75 bits per heavy atom. The number of hydrogen-bond acceptors (Lipinski definition) is 4. The van der Waals surface area contributed by atoms with Crippen LogP contribution in [0.25, 0.3) is 0 Å². The predicted molar refractivity (Wildman–Crippen MR) is 77.8 cm³/mol. The smallest absolute Gasteiger partial charge is 0.334 e. The molecule has 0 saturated carbocycles. The normalized spacial score (nSPS) is 12.2. The Balaban J connectivity index is 2.27. The summed E-state index contributed by atoms with van der Waals surface area (Å²) in [6.07, 6.45) is 1.32. The monoisotopic (exact) mass is 359 g/mol. The van der Waals surface area contributed by atoms with Crippen LogP contribution in [-0.4, -0.2) is 16.2 Å². The summed E-state index contributed by atoms with van der Waals surface area (Å²) in [5, 5.41) is 21.4. The fourth-order valence-corrected chi connectivity index (χ4v) is 2.37. The largest absolute Gasteiger partial charge is 0.479 e. The maximum Gasteiger partial charge on any atom is 0.334 e. The molecule has 3 N–H and O–H groups in total. The second kappa shape index (κ2) is 6.30. The van der Waals surface area contributed by atoms with Gasteiger partial charge in [-0.3, -0.25) is 0 Å². The van der Waals surface area contributed by atoms with Crippen LogP contribution in [0, 0.1) is 0 Å². The molecule has 5 nitrogen and oxygen atoms in total.